The Morgan fingerprint density at radius 2 is 1.89 bits per heavy atom. The summed E-state index contributed by atoms with van der Waals surface area (Å²) in [5, 5.41) is 16.3. The molecule has 3 saturated heterocycles. The van der Waals surface area contributed by atoms with Gasteiger partial charge in [-0.15, -0.1) is 0 Å². The molecule has 37 heavy (non-hydrogen) atoms. The zero-order chi connectivity index (χ0) is 27.0. The fraction of sp³-hybridized carbons (Fsp3) is 0.679. The van der Waals surface area contributed by atoms with Crippen molar-refractivity contribution in [3.05, 3.63) is 24.3 Å². The van der Waals surface area contributed by atoms with Gasteiger partial charge in [0.25, 0.3) is 0 Å². The number of carbonyl (C=O) groups is 3. The lowest BCUT2D eigenvalue weighted by molar-refractivity contribution is -0.149. The van der Waals surface area contributed by atoms with Crippen LogP contribution in [0, 0.1) is 17.8 Å². The van der Waals surface area contributed by atoms with Gasteiger partial charge in [0.15, 0.2) is 0 Å². The molecule has 1 aromatic carbocycles. The van der Waals surface area contributed by atoms with Crippen molar-refractivity contribution < 1.29 is 29.0 Å². The van der Waals surface area contributed by atoms with Crippen molar-refractivity contribution in [1.29, 1.82) is 0 Å². The SMILES string of the molecule is CCCNC(=O)[C@H]1[C@H]2C(=O)N([C@@H](CO)CC(C)C)C(C(=O)Nc3ccc(OC)cc3)C23CC[C@]1(CC)O3. The van der Waals surface area contributed by atoms with Gasteiger partial charge in [0.05, 0.1) is 37.2 Å². The Bertz CT molecular complexity index is 1010. The van der Waals surface area contributed by atoms with Gasteiger partial charge in [-0.3, -0.25) is 14.4 Å². The molecule has 204 valence electrons. The number of hydrogen-bond acceptors (Lipinski definition) is 6. The summed E-state index contributed by atoms with van der Waals surface area (Å²) < 4.78 is 12.0. The summed E-state index contributed by atoms with van der Waals surface area (Å²) in [5.74, 6) is -1.43. The van der Waals surface area contributed by atoms with Crippen LogP contribution in [0.25, 0.3) is 0 Å². The molecule has 3 amide bonds. The lowest BCUT2D eigenvalue weighted by atomic mass is 9.65. The maximum Gasteiger partial charge on any atom is 0.250 e. The second-order valence-corrected chi connectivity index (χ2v) is 11.1. The van der Waals surface area contributed by atoms with Crippen LogP contribution in [0.4, 0.5) is 5.69 Å². The van der Waals surface area contributed by atoms with Crippen LogP contribution in [-0.4, -0.2) is 71.3 Å². The van der Waals surface area contributed by atoms with Crippen molar-refractivity contribution in [2.75, 3.05) is 25.6 Å². The number of nitrogens with one attached hydrogen (secondary N) is 2. The molecule has 0 aromatic heterocycles. The Morgan fingerprint density at radius 1 is 1.19 bits per heavy atom. The summed E-state index contributed by atoms with van der Waals surface area (Å²) in [6, 6.07) is 5.47. The van der Waals surface area contributed by atoms with Gasteiger partial charge in [-0.1, -0.05) is 27.7 Å². The number of hydrogen-bond donors (Lipinski definition) is 3. The van der Waals surface area contributed by atoms with Crippen molar-refractivity contribution in [2.24, 2.45) is 17.8 Å². The maximum atomic E-state index is 14.2. The van der Waals surface area contributed by atoms with E-state index < -0.39 is 35.1 Å². The largest absolute Gasteiger partial charge is 0.497 e. The summed E-state index contributed by atoms with van der Waals surface area (Å²) in [4.78, 5) is 43.2. The molecule has 1 spiro atoms. The number of benzene rings is 1. The van der Waals surface area contributed by atoms with Crippen LogP contribution < -0.4 is 15.4 Å². The molecule has 3 N–H and O–H groups in total. The van der Waals surface area contributed by atoms with E-state index >= 15 is 0 Å². The van der Waals surface area contributed by atoms with Gasteiger partial charge in [-0.25, -0.2) is 0 Å². The molecule has 4 rings (SSSR count). The van der Waals surface area contributed by atoms with E-state index in [9.17, 15) is 19.5 Å². The smallest absolute Gasteiger partial charge is 0.250 e. The molecule has 6 atom stereocenters. The fourth-order valence-electron chi connectivity index (χ4n) is 6.81. The monoisotopic (exact) mass is 515 g/mol. The standard InChI is InChI=1S/C28H41N3O6/c1-6-14-29-24(33)21-22-26(35)31(19(16-32)15-17(3)4)23(28(22)13-12-27(21,7-2)37-28)25(34)30-18-8-10-20(36-5)11-9-18/h8-11,17,19,21-23,32H,6-7,12-16H2,1-5H3,(H,29,33)(H,30,34)/t19-,21-,22+,23?,27+,28?/m1/s1. The van der Waals surface area contributed by atoms with Crippen molar-refractivity contribution in [2.45, 2.75) is 83.1 Å². The number of rotatable bonds is 11. The Hall–Kier alpha value is -2.65. The van der Waals surface area contributed by atoms with E-state index in [2.05, 4.69) is 10.6 Å². The molecule has 1 aromatic rings. The average Bonchev–Trinajstić information content (AvgIpc) is 3.49. The van der Waals surface area contributed by atoms with E-state index in [1.54, 1.807) is 31.4 Å². The number of methoxy groups -OCH3 is 1. The fourth-order valence-corrected chi connectivity index (χ4v) is 6.81. The molecule has 3 aliphatic heterocycles. The van der Waals surface area contributed by atoms with Gasteiger partial charge in [0.1, 0.15) is 17.4 Å². The highest BCUT2D eigenvalue weighted by molar-refractivity contribution is 6.04. The van der Waals surface area contributed by atoms with E-state index in [1.165, 1.54) is 4.90 Å². The number of carbonyl (C=O) groups excluding carboxylic acids is 3. The summed E-state index contributed by atoms with van der Waals surface area (Å²) >= 11 is 0. The van der Waals surface area contributed by atoms with Crippen LogP contribution in [0.3, 0.4) is 0 Å². The van der Waals surface area contributed by atoms with Gasteiger partial charge in [0, 0.05) is 12.2 Å². The zero-order valence-electron chi connectivity index (χ0n) is 22.6. The van der Waals surface area contributed by atoms with Gasteiger partial charge in [-0.05, 0) is 62.3 Å². The lowest BCUT2D eigenvalue weighted by Gasteiger charge is -2.37. The summed E-state index contributed by atoms with van der Waals surface area (Å²) in [6.45, 7) is 8.23. The van der Waals surface area contributed by atoms with E-state index in [0.717, 1.165) is 6.42 Å². The number of nitrogens with zero attached hydrogens (tertiary/aromatic N) is 1. The number of amides is 3. The third-order valence-corrected chi connectivity index (χ3v) is 8.40. The van der Waals surface area contributed by atoms with E-state index in [0.29, 0.717) is 43.7 Å². The predicted molar refractivity (Wildman–Crippen MR) is 139 cm³/mol. The van der Waals surface area contributed by atoms with Gasteiger partial charge < -0.3 is 30.1 Å². The van der Waals surface area contributed by atoms with E-state index in [-0.39, 0.29) is 30.2 Å². The third kappa shape index (κ3) is 4.50. The molecule has 3 fully saturated rings. The Labute approximate surface area is 219 Å². The van der Waals surface area contributed by atoms with Crippen molar-refractivity contribution in [3.8, 4) is 5.75 Å². The minimum absolute atomic E-state index is 0.191. The predicted octanol–water partition coefficient (Wildman–Crippen LogP) is 2.72. The topological polar surface area (TPSA) is 117 Å². The van der Waals surface area contributed by atoms with Gasteiger partial charge in [-0.2, -0.15) is 0 Å². The molecule has 2 unspecified atom stereocenters. The van der Waals surface area contributed by atoms with Crippen molar-refractivity contribution in [1.82, 2.24) is 10.2 Å². The number of aliphatic hydroxyl groups is 1. The van der Waals surface area contributed by atoms with E-state index in [4.69, 9.17) is 9.47 Å². The number of likely N-dealkylation sites (tertiary alicyclic amines) is 1. The first-order valence-electron chi connectivity index (χ1n) is 13.5. The maximum absolute atomic E-state index is 14.2. The van der Waals surface area contributed by atoms with Gasteiger partial charge in [0.2, 0.25) is 17.7 Å². The van der Waals surface area contributed by atoms with Crippen LogP contribution in [-0.2, 0) is 19.1 Å². The number of ether oxygens (including phenoxy) is 2. The zero-order valence-corrected chi connectivity index (χ0v) is 22.6. The first kappa shape index (κ1) is 27.4. The van der Waals surface area contributed by atoms with Gasteiger partial charge >= 0.3 is 0 Å². The molecular formula is C28H41N3O6. The lowest BCUT2D eigenvalue weighted by Crippen LogP contribution is -2.56. The first-order chi connectivity index (χ1) is 17.7. The Balaban J connectivity index is 1.76. The summed E-state index contributed by atoms with van der Waals surface area (Å²) in [5.41, 5.74) is -1.34. The molecule has 0 radical (unpaired) electrons. The molecular weight excluding hydrogens is 474 g/mol. The number of anilines is 1. The van der Waals surface area contributed by atoms with Crippen molar-refractivity contribution in [3.63, 3.8) is 0 Å². The molecule has 2 bridgehead atoms. The Kier molecular flexibility index (Phi) is 7.85. The van der Waals surface area contributed by atoms with E-state index in [1.807, 2.05) is 27.7 Å². The molecule has 0 aliphatic carbocycles. The second kappa shape index (κ2) is 10.6. The van der Waals surface area contributed by atoms with Crippen LogP contribution in [0.1, 0.15) is 59.8 Å². The first-order valence-corrected chi connectivity index (χ1v) is 13.5. The molecule has 9 heteroatoms. The minimum atomic E-state index is -1.12. The highest BCUT2D eigenvalue weighted by Gasteiger charge is 2.79. The summed E-state index contributed by atoms with van der Waals surface area (Å²) in [7, 11) is 1.57. The van der Waals surface area contributed by atoms with Crippen LogP contribution in [0.5, 0.6) is 5.75 Å². The minimum Gasteiger partial charge on any atom is -0.497 e. The molecule has 3 aliphatic rings. The van der Waals surface area contributed by atoms with Crippen LogP contribution >= 0.6 is 0 Å². The van der Waals surface area contributed by atoms with Crippen LogP contribution in [0.15, 0.2) is 24.3 Å². The normalized spacial score (nSPS) is 30.9. The highest BCUT2D eigenvalue weighted by Crippen LogP contribution is 2.64. The van der Waals surface area contributed by atoms with Crippen molar-refractivity contribution >= 4 is 23.4 Å². The highest BCUT2D eigenvalue weighted by atomic mass is 16.5. The molecule has 9 nitrogen and oxygen atoms in total. The second-order valence-electron chi connectivity index (χ2n) is 11.1. The quantitative estimate of drug-likeness (QED) is 0.417. The molecule has 0 saturated carbocycles. The average molecular weight is 516 g/mol. The summed E-state index contributed by atoms with van der Waals surface area (Å²) in [6.07, 6.45) is 2.99. The number of aliphatic hydroxyl groups excluding tert-OH is 1. The number of fused-ring (bicyclic) bond motifs is 1. The Morgan fingerprint density at radius 3 is 2.46 bits per heavy atom. The third-order valence-electron chi connectivity index (χ3n) is 8.40. The van der Waals surface area contributed by atoms with Crippen LogP contribution in [0.2, 0.25) is 0 Å². The molecule has 3 heterocycles.